The molecular weight excluding hydrogens is 402 g/mol. The summed E-state index contributed by atoms with van der Waals surface area (Å²) in [7, 11) is 0. The number of aryl methyl sites for hydroxylation is 1. The fourth-order valence-electron chi connectivity index (χ4n) is 2.80. The Labute approximate surface area is 176 Å². The number of hydrogen-bond donors (Lipinski definition) is 2. The van der Waals surface area contributed by atoms with E-state index >= 15 is 0 Å². The number of amides is 1. The van der Waals surface area contributed by atoms with E-state index in [-0.39, 0.29) is 24.0 Å². The van der Waals surface area contributed by atoms with Gasteiger partial charge < -0.3 is 10.1 Å². The number of hydrogen-bond acceptors (Lipinski definition) is 6. The number of carbonyl (C=O) groups excluding carboxylic acids is 1. The van der Waals surface area contributed by atoms with E-state index in [1.807, 2.05) is 42.6 Å². The molecule has 30 heavy (non-hydrogen) atoms. The van der Waals surface area contributed by atoms with Gasteiger partial charge in [0.2, 0.25) is 5.95 Å². The molecule has 0 fully saturated rings. The number of aromatic nitrogens is 4. The van der Waals surface area contributed by atoms with Gasteiger partial charge in [0.25, 0.3) is 11.5 Å². The van der Waals surface area contributed by atoms with Crippen molar-refractivity contribution >= 4 is 23.1 Å². The Morgan fingerprint density at radius 2 is 2.03 bits per heavy atom. The highest BCUT2D eigenvalue weighted by atomic mass is 32.1. The zero-order valence-corrected chi connectivity index (χ0v) is 17.0. The number of para-hydroxylation sites is 1. The lowest BCUT2D eigenvalue weighted by atomic mass is 10.3. The fourth-order valence-corrected chi connectivity index (χ4v) is 3.48. The highest BCUT2D eigenvalue weighted by Gasteiger charge is 2.16. The lowest BCUT2D eigenvalue weighted by molar-refractivity contribution is -0.118. The minimum absolute atomic E-state index is 0.164. The number of nitrogens with zero attached hydrogens (tertiary/aromatic N) is 3. The van der Waals surface area contributed by atoms with Gasteiger partial charge in [0.1, 0.15) is 17.3 Å². The maximum absolute atomic E-state index is 12.5. The first kappa shape index (κ1) is 19.6. The Kier molecular flexibility index (Phi) is 5.71. The molecule has 3 aromatic heterocycles. The predicted molar refractivity (Wildman–Crippen MR) is 115 cm³/mol. The molecule has 1 amide bonds. The van der Waals surface area contributed by atoms with Crippen molar-refractivity contribution in [2.24, 2.45) is 0 Å². The van der Waals surface area contributed by atoms with Gasteiger partial charge in [0.05, 0.1) is 4.88 Å². The van der Waals surface area contributed by atoms with Gasteiger partial charge in [-0.15, -0.1) is 11.3 Å². The van der Waals surface area contributed by atoms with E-state index < -0.39 is 0 Å². The number of benzene rings is 1. The number of anilines is 1. The van der Waals surface area contributed by atoms with Crippen molar-refractivity contribution in [1.29, 1.82) is 0 Å². The number of thiophene rings is 1. The van der Waals surface area contributed by atoms with Crippen LogP contribution in [0.5, 0.6) is 5.75 Å². The fraction of sp³-hybridized carbons (Fsp3) is 0.143. The lowest BCUT2D eigenvalue weighted by Gasteiger charge is -2.09. The molecule has 9 heteroatoms. The van der Waals surface area contributed by atoms with Crippen LogP contribution in [-0.2, 0) is 11.2 Å². The molecule has 4 aromatic rings. The van der Waals surface area contributed by atoms with Crippen molar-refractivity contribution < 1.29 is 9.53 Å². The smallest absolute Gasteiger partial charge is 0.263 e. The molecule has 152 valence electrons. The second kappa shape index (κ2) is 8.75. The van der Waals surface area contributed by atoms with E-state index in [2.05, 4.69) is 20.4 Å². The van der Waals surface area contributed by atoms with Gasteiger partial charge in [-0.05, 0) is 30.0 Å². The number of rotatable bonds is 7. The van der Waals surface area contributed by atoms with E-state index in [4.69, 9.17) is 4.74 Å². The SMILES string of the molecule is CCc1cc(=O)[nH]c(-n2nc(-c3cccs3)cc2NC(=O)COc2ccccc2)n1. The summed E-state index contributed by atoms with van der Waals surface area (Å²) in [4.78, 5) is 32.6. The third kappa shape index (κ3) is 4.47. The molecule has 0 saturated heterocycles. The van der Waals surface area contributed by atoms with E-state index in [1.54, 1.807) is 18.2 Å². The zero-order valence-electron chi connectivity index (χ0n) is 16.2. The summed E-state index contributed by atoms with van der Waals surface area (Å²) >= 11 is 1.52. The highest BCUT2D eigenvalue weighted by molar-refractivity contribution is 7.13. The van der Waals surface area contributed by atoms with Crippen LogP contribution < -0.4 is 15.6 Å². The summed E-state index contributed by atoms with van der Waals surface area (Å²) in [6.07, 6.45) is 0.600. The Balaban J connectivity index is 1.63. The second-order valence-corrected chi connectivity index (χ2v) is 7.32. The third-order valence-electron chi connectivity index (χ3n) is 4.21. The predicted octanol–water partition coefficient (Wildman–Crippen LogP) is 3.26. The molecule has 0 spiro atoms. The molecule has 3 heterocycles. The minimum Gasteiger partial charge on any atom is -0.484 e. The molecule has 0 radical (unpaired) electrons. The van der Waals surface area contributed by atoms with Gasteiger partial charge in [-0.3, -0.25) is 14.6 Å². The lowest BCUT2D eigenvalue weighted by Crippen LogP contribution is -2.23. The van der Waals surface area contributed by atoms with Crippen LogP contribution in [0.4, 0.5) is 5.82 Å². The van der Waals surface area contributed by atoms with Crippen LogP contribution in [0, 0.1) is 0 Å². The molecule has 0 atom stereocenters. The molecule has 0 unspecified atom stereocenters. The largest absolute Gasteiger partial charge is 0.484 e. The van der Waals surface area contributed by atoms with Gasteiger partial charge >= 0.3 is 0 Å². The molecule has 0 aliphatic rings. The molecule has 0 aliphatic heterocycles. The zero-order chi connectivity index (χ0) is 20.9. The quantitative estimate of drug-likeness (QED) is 0.477. The van der Waals surface area contributed by atoms with Gasteiger partial charge in [0, 0.05) is 17.8 Å². The Hall–Kier alpha value is -3.72. The molecule has 0 bridgehead atoms. The number of nitrogens with one attached hydrogen (secondary N) is 2. The molecule has 0 saturated carbocycles. The summed E-state index contributed by atoms with van der Waals surface area (Å²) in [5, 5.41) is 9.29. The number of aromatic amines is 1. The van der Waals surface area contributed by atoms with Gasteiger partial charge in [-0.2, -0.15) is 9.78 Å². The van der Waals surface area contributed by atoms with Crippen molar-refractivity contribution in [3.05, 3.63) is 76.0 Å². The monoisotopic (exact) mass is 421 g/mol. The van der Waals surface area contributed by atoms with Crippen LogP contribution in [0.15, 0.2) is 64.8 Å². The van der Waals surface area contributed by atoms with E-state index in [1.165, 1.54) is 22.1 Å². The van der Waals surface area contributed by atoms with Crippen molar-refractivity contribution in [3.63, 3.8) is 0 Å². The Morgan fingerprint density at radius 3 is 2.77 bits per heavy atom. The highest BCUT2D eigenvalue weighted by Crippen LogP contribution is 2.27. The van der Waals surface area contributed by atoms with Gasteiger partial charge in [-0.25, -0.2) is 4.98 Å². The van der Waals surface area contributed by atoms with E-state index in [0.717, 1.165) is 4.88 Å². The van der Waals surface area contributed by atoms with Crippen LogP contribution in [0.2, 0.25) is 0 Å². The standard InChI is InChI=1S/C21H19N5O3S/c1-2-14-11-19(27)24-21(22-14)26-18(12-16(25-26)17-9-6-10-30-17)23-20(28)13-29-15-7-4-3-5-8-15/h3-12H,2,13H2,1H3,(H,23,28)(H,22,24,27). The first-order chi connectivity index (χ1) is 14.6. The summed E-state index contributed by atoms with van der Waals surface area (Å²) in [6, 6.07) is 16.1. The molecule has 1 aromatic carbocycles. The molecule has 4 rings (SSSR count). The van der Waals surface area contributed by atoms with Crippen molar-refractivity contribution in [3.8, 4) is 22.3 Å². The van der Waals surface area contributed by atoms with Crippen LogP contribution in [0.1, 0.15) is 12.6 Å². The van der Waals surface area contributed by atoms with Crippen LogP contribution in [0.3, 0.4) is 0 Å². The van der Waals surface area contributed by atoms with Crippen molar-refractivity contribution in [2.45, 2.75) is 13.3 Å². The van der Waals surface area contributed by atoms with Crippen molar-refractivity contribution in [2.75, 3.05) is 11.9 Å². The molecule has 0 aliphatic carbocycles. The van der Waals surface area contributed by atoms with Crippen molar-refractivity contribution in [1.82, 2.24) is 19.7 Å². The molecule has 2 N–H and O–H groups in total. The molecule has 8 nitrogen and oxygen atoms in total. The number of carbonyl (C=O) groups is 1. The summed E-state index contributed by atoms with van der Waals surface area (Å²) < 4.78 is 6.93. The first-order valence-electron chi connectivity index (χ1n) is 9.34. The summed E-state index contributed by atoms with van der Waals surface area (Å²) in [6.45, 7) is 1.75. The maximum Gasteiger partial charge on any atom is 0.263 e. The maximum atomic E-state index is 12.5. The number of H-pyrrole nitrogens is 1. The van der Waals surface area contributed by atoms with Gasteiger partial charge in [-0.1, -0.05) is 31.2 Å². The van der Waals surface area contributed by atoms with E-state index in [0.29, 0.717) is 29.4 Å². The Morgan fingerprint density at radius 1 is 1.20 bits per heavy atom. The first-order valence-corrected chi connectivity index (χ1v) is 10.2. The van der Waals surface area contributed by atoms with E-state index in [9.17, 15) is 9.59 Å². The van der Waals surface area contributed by atoms with Crippen LogP contribution >= 0.6 is 11.3 Å². The average molecular weight is 421 g/mol. The second-order valence-electron chi connectivity index (χ2n) is 6.37. The molecular formula is C21H19N5O3S. The topological polar surface area (TPSA) is 102 Å². The Bertz CT molecular complexity index is 1200. The minimum atomic E-state index is -0.355. The summed E-state index contributed by atoms with van der Waals surface area (Å²) in [5.41, 5.74) is 1.01. The average Bonchev–Trinajstić information content (AvgIpc) is 3.42. The van der Waals surface area contributed by atoms with Gasteiger partial charge in [0.15, 0.2) is 6.61 Å². The van der Waals surface area contributed by atoms with Crippen LogP contribution in [0.25, 0.3) is 16.5 Å². The number of ether oxygens (including phenoxy) is 1. The third-order valence-corrected chi connectivity index (χ3v) is 5.10. The van der Waals surface area contributed by atoms with Crippen LogP contribution in [-0.4, -0.2) is 32.3 Å². The summed E-state index contributed by atoms with van der Waals surface area (Å²) in [5.74, 6) is 0.867. The normalized spacial score (nSPS) is 10.7.